The lowest BCUT2D eigenvalue weighted by Gasteiger charge is -1.94. The molecular formula is C9H8Cl. The summed E-state index contributed by atoms with van der Waals surface area (Å²) in [6.45, 7) is 3.62. The fourth-order valence-corrected chi connectivity index (χ4v) is 0.953. The van der Waals surface area contributed by atoms with Crippen LogP contribution < -0.4 is 0 Å². The molecule has 0 nitrogen and oxygen atoms in total. The molecule has 0 aliphatic heterocycles. The molecule has 0 N–H and O–H groups in total. The van der Waals surface area contributed by atoms with E-state index in [0.717, 1.165) is 17.0 Å². The highest BCUT2D eigenvalue weighted by atomic mass is 35.5. The minimum absolute atomic E-state index is 0.760. The van der Waals surface area contributed by atoms with Crippen LogP contribution in [0.3, 0.4) is 0 Å². The predicted molar refractivity (Wildman–Crippen MR) is 44.2 cm³/mol. The number of hydrogen-bond donors (Lipinski definition) is 0. The van der Waals surface area contributed by atoms with Crippen molar-refractivity contribution in [3.05, 3.63) is 47.5 Å². The molecule has 0 atom stereocenters. The highest BCUT2D eigenvalue weighted by Gasteiger charge is 1.89. The molecule has 0 saturated carbocycles. The van der Waals surface area contributed by atoms with Crippen molar-refractivity contribution in [2.45, 2.75) is 6.42 Å². The Hall–Kier alpha value is -0.750. The Morgan fingerprint density at radius 1 is 1.70 bits per heavy atom. The van der Waals surface area contributed by atoms with Crippen LogP contribution >= 0.6 is 11.6 Å². The molecule has 0 heterocycles. The van der Waals surface area contributed by atoms with E-state index in [9.17, 15) is 0 Å². The van der Waals surface area contributed by atoms with Crippen LogP contribution in [0.5, 0.6) is 0 Å². The highest BCUT2D eigenvalue weighted by molar-refractivity contribution is 6.30. The topological polar surface area (TPSA) is 0 Å². The second-order valence-corrected chi connectivity index (χ2v) is 2.46. The van der Waals surface area contributed by atoms with Crippen LogP contribution in [0.15, 0.2) is 30.9 Å². The maximum absolute atomic E-state index is 5.73. The first-order valence-electron chi connectivity index (χ1n) is 3.10. The maximum Gasteiger partial charge on any atom is 0.0409 e. The van der Waals surface area contributed by atoms with E-state index in [0.29, 0.717) is 0 Å². The van der Waals surface area contributed by atoms with Crippen molar-refractivity contribution in [3.63, 3.8) is 0 Å². The Kier molecular flexibility index (Phi) is 2.52. The first-order valence-corrected chi connectivity index (χ1v) is 3.48. The Labute approximate surface area is 66.1 Å². The smallest absolute Gasteiger partial charge is 0.0409 e. The molecule has 1 heteroatoms. The summed E-state index contributed by atoms with van der Waals surface area (Å²) in [6, 6.07) is 8.58. The SMILES string of the molecule is C=CCc1[c]ccc(Cl)c1. The van der Waals surface area contributed by atoms with Gasteiger partial charge < -0.3 is 0 Å². The average Bonchev–Trinajstić information content (AvgIpc) is 1.88. The molecule has 0 aromatic heterocycles. The van der Waals surface area contributed by atoms with E-state index in [1.54, 1.807) is 0 Å². The van der Waals surface area contributed by atoms with Crippen molar-refractivity contribution in [2.75, 3.05) is 0 Å². The van der Waals surface area contributed by atoms with Gasteiger partial charge in [0.15, 0.2) is 0 Å². The van der Waals surface area contributed by atoms with Crippen molar-refractivity contribution in [1.82, 2.24) is 0 Å². The fraction of sp³-hybridized carbons (Fsp3) is 0.111. The predicted octanol–water partition coefficient (Wildman–Crippen LogP) is 2.87. The standard InChI is InChI=1S/C9H8Cl/c1-2-4-8-5-3-6-9(10)7-8/h2-3,6-7H,1,4H2. The normalized spacial score (nSPS) is 9.30. The summed E-state index contributed by atoms with van der Waals surface area (Å²) < 4.78 is 0. The van der Waals surface area contributed by atoms with Gasteiger partial charge in [-0.3, -0.25) is 0 Å². The van der Waals surface area contributed by atoms with Gasteiger partial charge in [-0.2, -0.15) is 0 Å². The van der Waals surface area contributed by atoms with E-state index in [-0.39, 0.29) is 0 Å². The zero-order chi connectivity index (χ0) is 7.40. The van der Waals surface area contributed by atoms with Crippen molar-refractivity contribution in [2.24, 2.45) is 0 Å². The molecule has 1 radical (unpaired) electrons. The third kappa shape index (κ3) is 1.89. The van der Waals surface area contributed by atoms with E-state index in [4.69, 9.17) is 11.6 Å². The summed E-state index contributed by atoms with van der Waals surface area (Å²) in [5.41, 5.74) is 1.09. The van der Waals surface area contributed by atoms with Crippen LogP contribution in [0.2, 0.25) is 5.02 Å². The maximum atomic E-state index is 5.73. The minimum Gasteiger partial charge on any atom is -0.103 e. The molecule has 0 bridgehead atoms. The summed E-state index contributed by atoms with van der Waals surface area (Å²) in [5.74, 6) is 0. The van der Waals surface area contributed by atoms with Crippen molar-refractivity contribution in [1.29, 1.82) is 0 Å². The summed E-state index contributed by atoms with van der Waals surface area (Å²) >= 11 is 5.73. The molecule has 0 amide bonds. The van der Waals surface area contributed by atoms with Gasteiger partial charge in [0.05, 0.1) is 0 Å². The van der Waals surface area contributed by atoms with Gasteiger partial charge in [0, 0.05) is 5.02 Å². The van der Waals surface area contributed by atoms with Crippen LogP contribution in [0.4, 0.5) is 0 Å². The Bertz CT molecular complexity index is 228. The van der Waals surface area contributed by atoms with E-state index >= 15 is 0 Å². The Morgan fingerprint density at radius 2 is 2.50 bits per heavy atom. The van der Waals surface area contributed by atoms with Crippen LogP contribution in [-0.4, -0.2) is 0 Å². The van der Waals surface area contributed by atoms with E-state index in [1.807, 2.05) is 24.3 Å². The largest absolute Gasteiger partial charge is 0.103 e. The molecule has 51 valence electrons. The highest BCUT2D eigenvalue weighted by Crippen LogP contribution is 2.10. The lowest BCUT2D eigenvalue weighted by molar-refractivity contribution is 1.27. The second kappa shape index (κ2) is 3.43. The van der Waals surface area contributed by atoms with Crippen molar-refractivity contribution in [3.8, 4) is 0 Å². The molecule has 0 aliphatic rings. The van der Waals surface area contributed by atoms with Gasteiger partial charge in [-0.1, -0.05) is 23.7 Å². The van der Waals surface area contributed by atoms with Gasteiger partial charge in [0.1, 0.15) is 0 Å². The van der Waals surface area contributed by atoms with Crippen LogP contribution in [0, 0.1) is 6.07 Å². The van der Waals surface area contributed by atoms with Crippen LogP contribution in [-0.2, 0) is 6.42 Å². The number of halogens is 1. The quantitative estimate of drug-likeness (QED) is 0.571. The fourth-order valence-electron chi connectivity index (χ4n) is 0.758. The molecule has 0 fully saturated rings. The molecule has 10 heavy (non-hydrogen) atoms. The van der Waals surface area contributed by atoms with Crippen molar-refractivity contribution >= 4 is 11.6 Å². The summed E-state index contributed by atoms with van der Waals surface area (Å²) in [7, 11) is 0. The molecule has 1 rings (SSSR count). The number of benzene rings is 1. The number of hydrogen-bond acceptors (Lipinski definition) is 0. The first-order chi connectivity index (χ1) is 4.83. The lowest BCUT2D eigenvalue weighted by Crippen LogP contribution is -1.78. The number of allylic oxidation sites excluding steroid dienone is 1. The lowest BCUT2D eigenvalue weighted by atomic mass is 10.2. The average molecular weight is 152 g/mol. The molecule has 0 saturated heterocycles. The Balaban J connectivity index is 2.84. The van der Waals surface area contributed by atoms with Gasteiger partial charge in [-0.15, -0.1) is 6.58 Å². The zero-order valence-corrected chi connectivity index (χ0v) is 6.36. The van der Waals surface area contributed by atoms with Gasteiger partial charge in [-0.25, -0.2) is 0 Å². The third-order valence-electron chi connectivity index (χ3n) is 1.19. The third-order valence-corrected chi connectivity index (χ3v) is 1.42. The molecular weight excluding hydrogens is 144 g/mol. The van der Waals surface area contributed by atoms with Crippen LogP contribution in [0.25, 0.3) is 0 Å². The van der Waals surface area contributed by atoms with Crippen molar-refractivity contribution < 1.29 is 0 Å². The number of rotatable bonds is 2. The summed E-state index contributed by atoms with van der Waals surface area (Å²) in [5, 5.41) is 0.760. The molecule has 0 unspecified atom stereocenters. The van der Waals surface area contributed by atoms with Gasteiger partial charge in [0.25, 0.3) is 0 Å². The zero-order valence-electron chi connectivity index (χ0n) is 5.60. The Morgan fingerprint density at radius 3 is 3.10 bits per heavy atom. The van der Waals surface area contributed by atoms with E-state index < -0.39 is 0 Å². The van der Waals surface area contributed by atoms with Gasteiger partial charge >= 0.3 is 0 Å². The van der Waals surface area contributed by atoms with Gasteiger partial charge in [0.2, 0.25) is 0 Å². The van der Waals surface area contributed by atoms with E-state index in [1.165, 1.54) is 0 Å². The minimum atomic E-state index is 0.760. The van der Waals surface area contributed by atoms with Crippen LogP contribution in [0.1, 0.15) is 5.56 Å². The summed E-state index contributed by atoms with van der Waals surface area (Å²) in [6.07, 6.45) is 2.67. The molecule has 0 aliphatic carbocycles. The molecule has 0 spiro atoms. The molecule has 1 aromatic carbocycles. The second-order valence-electron chi connectivity index (χ2n) is 2.02. The molecule has 1 aromatic rings. The first kappa shape index (κ1) is 7.36. The summed E-state index contributed by atoms with van der Waals surface area (Å²) in [4.78, 5) is 0. The van der Waals surface area contributed by atoms with E-state index in [2.05, 4.69) is 12.6 Å². The monoisotopic (exact) mass is 151 g/mol. The van der Waals surface area contributed by atoms with Gasteiger partial charge in [-0.05, 0) is 30.2 Å².